The van der Waals surface area contributed by atoms with E-state index in [9.17, 15) is 0 Å². The van der Waals surface area contributed by atoms with Crippen molar-refractivity contribution in [2.45, 2.75) is 25.2 Å². The fourth-order valence-corrected chi connectivity index (χ4v) is 6.04. The van der Waals surface area contributed by atoms with Gasteiger partial charge in [0.1, 0.15) is 0 Å². The minimum absolute atomic E-state index is 0. The molecule has 156 valence electrons. The second-order valence-electron chi connectivity index (χ2n) is 8.21. The van der Waals surface area contributed by atoms with Gasteiger partial charge in [-0.3, -0.25) is 0 Å². The van der Waals surface area contributed by atoms with Crippen LogP contribution in [0.2, 0.25) is 0 Å². The predicted molar refractivity (Wildman–Crippen MR) is 109 cm³/mol. The molecule has 2 aromatic carbocycles. The molecule has 2 fully saturated rings. The molecule has 0 radical (unpaired) electrons. The number of hydrogen-bond acceptors (Lipinski definition) is 0. The third-order valence-corrected chi connectivity index (χ3v) is 6.98. The molecule has 0 bridgehead atoms. The molecular formula is C26H27Cl3Ti. The average Bonchev–Trinajstić information content (AvgIpc) is 3.05. The minimum Gasteiger partial charge on any atom is -1.00 e. The largest absolute Gasteiger partial charge is 4.00 e. The van der Waals surface area contributed by atoms with Crippen molar-refractivity contribution in [1.29, 1.82) is 0 Å². The van der Waals surface area contributed by atoms with Crippen LogP contribution in [0, 0.1) is 36.0 Å². The number of allylic oxidation sites excluding steroid dienone is 4. The van der Waals surface area contributed by atoms with Gasteiger partial charge < -0.3 is 43.6 Å². The Morgan fingerprint density at radius 1 is 0.733 bits per heavy atom. The molecule has 0 aliphatic heterocycles. The molecule has 0 saturated heterocycles. The molecule has 5 unspecified atom stereocenters. The summed E-state index contributed by atoms with van der Waals surface area (Å²) >= 11 is 0. The average molecular weight is 494 g/mol. The topological polar surface area (TPSA) is 0 Å². The van der Waals surface area contributed by atoms with Crippen molar-refractivity contribution in [3.05, 3.63) is 103 Å². The SMILES string of the molecule is C1=CC2C(C=C1)C(C(c1ccccc1)c1ccccc1)C1[CH-]CCCC21.[Cl-].[Cl-].[Cl-].[Ti+4]. The summed E-state index contributed by atoms with van der Waals surface area (Å²) in [6.07, 6.45) is 16.3. The van der Waals surface area contributed by atoms with Gasteiger partial charge in [0.05, 0.1) is 0 Å². The Balaban J connectivity index is 0.00000112. The van der Waals surface area contributed by atoms with Crippen molar-refractivity contribution in [3.8, 4) is 0 Å². The molecule has 0 aromatic heterocycles. The minimum atomic E-state index is 0. The van der Waals surface area contributed by atoms with Crippen molar-refractivity contribution >= 4 is 0 Å². The zero-order chi connectivity index (χ0) is 17.3. The number of benzene rings is 2. The Bertz CT molecular complexity index is 766. The molecule has 2 saturated carbocycles. The molecule has 0 spiro atoms. The van der Waals surface area contributed by atoms with E-state index >= 15 is 0 Å². The van der Waals surface area contributed by atoms with Crippen molar-refractivity contribution in [2.24, 2.45) is 29.6 Å². The Kier molecular flexibility index (Phi) is 11.5. The van der Waals surface area contributed by atoms with E-state index in [1.54, 1.807) is 0 Å². The van der Waals surface area contributed by atoms with Gasteiger partial charge in [-0.1, -0.05) is 104 Å². The zero-order valence-corrected chi connectivity index (χ0v) is 20.7. The first-order chi connectivity index (χ1) is 12.9. The maximum atomic E-state index is 2.68. The molecule has 3 aliphatic rings. The van der Waals surface area contributed by atoms with E-state index in [1.165, 1.54) is 30.4 Å². The molecule has 3 aliphatic carbocycles. The van der Waals surface area contributed by atoms with Crippen LogP contribution in [0.3, 0.4) is 0 Å². The molecule has 5 atom stereocenters. The first-order valence-electron chi connectivity index (χ1n) is 10.2. The van der Waals surface area contributed by atoms with Gasteiger partial charge >= 0.3 is 21.7 Å². The second kappa shape index (κ2) is 12.5. The third kappa shape index (κ3) is 5.11. The first kappa shape index (κ1) is 27.5. The summed E-state index contributed by atoms with van der Waals surface area (Å²) in [4.78, 5) is 0. The van der Waals surface area contributed by atoms with Gasteiger partial charge in [0.15, 0.2) is 0 Å². The van der Waals surface area contributed by atoms with Crippen LogP contribution in [0.5, 0.6) is 0 Å². The molecule has 4 heteroatoms. The van der Waals surface area contributed by atoms with Crippen LogP contribution in [0.1, 0.15) is 36.3 Å². The molecule has 0 amide bonds. The van der Waals surface area contributed by atoms with Crippen molar-refractivity contribution in [1.82, 2.24) is 0 Å². The predicted octanol–water partition coefficient (Wildman–Crippen LogP) is -2.56. The maximum absolute atomic E-state index is 2.68. The number of halogens is 3. The van der Waals surface area contributed by atoms with Gasteiger partial charge in [0.2, 0.25) is 0 Å². The summed E-state index contributed by atoms with van der Waals surface area (Å²) in [5.74, 6) is 4.09. The Morgan fingerprint density at radius 3 is 1.83 bits per heavy atom. The maximum Gasteiger partial charge on any atom is 4.00 e. The first-order valence-corrected chi connectivity index (χ1v) is 10.2. The molecule has 30 heavy (non-hydrogen) atoms. The van der Waals surface area contributed by atoms with Crippen LogP contribution in [0.4, 0.5) is 0 Å². The van der Waals surface area contributed by atoms with Gasteiger partial charge in [-0.05, 0) is 28.9 Å². The fraction of sp³-hybridized carbons (Fsp3) is 0.346. The van der Waals surface area contributed by atoms with Crippen molar-refractivity contribution < 1.29 is 58.9 Å². The van der Waals surface area contributed by atoms with Crippen LogP contribution in [-0.2, 0) is 21.7 Å². The van der Waals surface area contributed by atoms with E-state index < -0.39 is 0 Å². The summed E-state index contributed by atoms with van der Waals surface area (Å²) in [5, 5.41) is 0. The van der Waals surface area contributed by atoms with Crippen molar-refractivity contribution in [2.75, 3.05) is 0 Å². The smallest absolute Gasteiger partial charge is 1.00 e. The molecule has 5 rings (SSSR count). The van der Waals surface area contributed by atoms with Crippen LogP contribution in [0.25, 0.3) is 0 Å². The van der Waals surface area contributed by atoms with Gasteiger partial charge in [-0.2, -0.15) is 12.3 Å². The standard InChI is InChI=1S/C26H27.3ClH.Ti/c1-3-11-19(12-4-1)25(20-13-5-2-6-14-20)26-23-17-9-7-15-21(23)22-16-8-10-18-24(22)26;;;;/h1-7,9,11-15,17-18,21-26H,8,10,16H2;3*1H;/q-1;;;;+4/p-3. The van der Waals surface area contributed by atoms with E-state index in [2.05, 4.69) is 91.4 Å². The zero-order valence-electron chi connectivity index (χ0n) is 16.9. The Hall–Kier alpha value is -0.496. The summed E-state index contributed by atoms with van der Waals surface area (Å²) in [7, 11) is 0. The van der Waals surface area contributed by atoms with E-state index in [4.69, 9.17) is 0 Å². The summed E-state index contributed by atoms with van der Waals surface area (Å²) in [6.45, 7) is 0. The van der Waals surface area contributed by atoms with Crippen LogP contribution in [-0.4, -0.2) is 0 Å². The molecule has 0 N–H and O–H groups in total. The van der Waals surface area contributed by atoms with Gasteiger partial charge in [-0.25, -0.2) is 0 Å². The Labute approximate surface area is 215 Å². The van der Waals surface area contributed by atoms with E-state index in [0.717, 1.165) is 17.8 Å². The molecule has 0 nitrogen and oxygen atoms in total. The summed E-state index contributed by atoms with van der Waals surface area (Å²) < 4.78 is 0. The summed E-state index contributed by atoms with van der Waals surface area (Å²) in [6, 6.07) is 22.5. The molecular weight excluding hydrogens is 467 g/mol. The number of rotatable bonds is 3. The number of hydrogen-bond donors (Lipinski definition) is 0. The Morgan fingerprint density at radius 2 is 1.27 bits per heavy atom. The van der Waals surface area contributed by atoms with E-state index in [1.807, 2.05) is 0 Å². The summed E-state index contributed by atoms with van der Waals surface area (Å²) in [5.41, 5.74) is 2.95. The molecule has 0 heterocycles. The van der Waals surface area contributed by atoms with Gasteiger partial charge in [0.25, 0.3) is 0 Å². The third-order valence-electron chi connectivity index (χ3n) is 6.98. The van der Waals surface area contributed by atoms with E-state index in [-0.39, 0.29) is 58.9 Å². The van der Waals surface area contributed by atoms with Gasteiger partial charge in [0, 0.05) is 5.92 Å². The van der Waals surface area contributed by atoms with Crippen LogP contribution >= 0.6 is 0 Å². The van der Waals surface area contributed by atoms with Crippen LogP contribution < -0.4 is 37.2 Å². The van der Waals surface area contributed by atoms with E-state index in [0.29, 0.717) is 17.8 Å². The van der Waals surface area contributed by atoms with Crippen molar-refractivity contribution in [3.63, 3.8) is 0 Å². The normalized spacial score (nSPS) is 28.1. The van der Waals surface area contributed by atoms with Gasteiger partial charge in [-0.15, -0.1) is 0 Å². The fourth-order valence-electron chi connectivity index (χ4n) is 6.04. The number of fused-ring (bicyclic) bond motifs is 3. The monoisotopic (exact) mass is 492 g/mol. The van der Waals surface area contributed by atoms with Crippen LogP contribution in [0.15, 0.2) is 85.0 Å². The molecule has 2 aromatic rings. The second-order valence-corrected chi connectivity index (χ2v) is 8.21. The quantitative estimate of drug-likeness (QED) is 0.326.